The molecule has 0 aromatic carbocycles. The standard InChI is InChI=1S/C18H18N6O3S/c1-11-17(21-12(2)24(11)3)27-18-16(23-28(4,25)26)6-5-15(22-18)14-7-13(8-19)9-20-10-14/h5-7,9-10,23H,1-4H3. The third-order valence-electron chi connectivity index (χ3n) is 4.07. The summed E-state index contributed by atoms with van der Waals surface area (Å²) in [6.07, 6.45) is 4.05. The maximum absolute atomic E-state index is 11.7. The van der Waals surface area contributed by atoms with Gasteiger partial charge in [-0.25, -0.2) is 13.4 Å². The molecule has 0 atom stereocenters. The molecule has 0 unspecified atom stereocenters. The van der Waals surface area contributed by atoms with Crippen LogP contribution in [0.15, 0.2) is 30.6 Å². The number of anilines is 1. The fraction of sp³-hybridized carbons (Fsp3) is 0.222. The summed E-state index contributed by atoms with van der Waals surface area (Å²) in [4.78, 5) is 12.8. The number of pyridine rings is 2. The third-order valence-corrected chi connectivity index (χ3v) is 4.66. The van der Waals surface area contributed by atoms with Gasteiger partial charge in [0.15, 0.2) is 0 Å². The van der Waals surface area contributed by atoms with Crippen LogP contribution in [-0.4, -0.2) is 34.2 Å². The second kappa shape index (κ2) is 7.28. The Balaban J connectivity index is 2.10. The van der Waals surface area contributed by atoms with E-state index in [9.17, 15) is 8.42 Å². The highest BCUT2D eigenvalue weighted by molar-refractivity contribution is 7.92. The second-order valence-electron chi connectivity index (χ2n) is 6.21. The summed E-state index contributed by atoms with van der Waals surface area (Å²) in [6, 6.07) is 6.83. The minimum atomic E-state index is -3.54. The smallest absolute Gasteiger partial charge is 0.246 e. The van der Waals surface area contributed by atoms with Gasteiger partial charge in [-0.15, -0.1) is 0 Å². The molecule has 0 radical (unpaired) electrons. The zero-order chi connectivity index (χ0) is 20.5. The summed E-state index contributed by atoms with van der Waals surface area (Å²) < 4.78 is 33.5. The molecule has 3 heterocycles. The summed E-state index contributed by atoms with van der Waals surface area (Å²) in [5.41, 5.74) is 2.41. The molecular formula is C18H18N6O3S. The minimum Gasteiger partial charge on any atom is -0.416 e. The minimum absolute atomic E-state index is 0.0477. The predicted octanol–water partition coefficient (Wildman–Crippen LogP) is 2.53. The number of hydrogen-bond donors (Lipinski definition) is 1. The highest BCUT2D eigenvalue weighted by Gasteiger charge is 2.17. The molecule has 144 valence electrons. The molecule has 3 aromatic rings. The van der Waals surface area contributed by atoms with Gasteiger partial charge in [-0.1, -0.05) is 0 Å². The number of aryl methyl sites for hydroxylation is 1. The fourth-order valence-corrected chi connectivity index (χ4v) is 3.03. The largest absolute Gasteiger partial charge is 0.416 e. The Morgan fingerprint density at radius 2 is 1.93 bits per heavy atom. The van der Waals surface area contributed by atoms with Crippen molar-refractivity contribution in [2.45, 2.75) is 13.8 Å². The number of ether oxygens (including phenoxy) is 1. The molecule has 0 saturated heterocycles. The maximum atomic E-state index is 11.7. The highest BCUT2D eigenvalue weighted by Crippen LogP contribution is 2.32. The molecule has 0 bridgehead atoms. The monoisotopic (exact) mass is 398 g/mol. The highest BCUT2D eigenvalue weighted by atomic mass is 32.2. The molecule has 28 heavy (non-hydrogen) atoms. The van der Waals surface area contributed by atoms with Crippen LogP contribution in [0.5, 0.6) is 11.8 Å². The number of imidazole rings is 1. The first-order chi connectivity index (χ1) is 13.2. The first-order valence-electron chi connectivity index (χ1n) is 8.20. The third kappa shape index (κ3) is 4.10. The molecule has 3 aromatic heterocycles. The van der Waals surface area contributed by atoms with Crippen molar-refractivity contribution in [1.29, 1.82) is 5.26 Å². The molecular weight excluding hydrogens is 380 g/mol. The van der Waals surface area contributed by atoms with Gasteiger partial charge in [-0.05, 0) is 32.0 Å². The van der Waals surface area contributed by atoms with Crippen LogP contribution in [-0.2, 0) is 17.1 Å². The van der Waals surface area contributed by atoms with E-state index >= 15 is 0 Å². The Kier molecular flexibility index (Phi) is 5.02. The van der Waals surface area contributed by atoms with E-state index in [1.54, 1.807) is 24.4 Å². The summed E-state index contributed by atoms with van der Waals surface area (Å²) in [5, 5.41) is 9.07. The lowest BCUT2D eigenvalue weighted by atomic mass is 10.1. The number of hydrogen-bond acceptors (Lipinski definition) is 7. The van der Waals surface area contributed by atoms with Gasteiger partial charge in [-0.2, -0.15) is 10.2 Å². The van der Waals surface area contributed by atoms with E-state index in [1.165, 1.54) is 6.20 Å². The molecule has 3 rings (SSSR count). The van der Waals surface area contributed by atoms with Crippen molar-refractivity contribution in [2.75, 3.05) is 11.0 Å². The van der Waals surface area contributed by atoms with Gasteiger partial charge < -0.3 is 9.30 Å². The van der Waals surface area contributed by atoms with Crippen LogP contribution in [0.2, 0.25) is 0 Å². The van der Waals surface area contributed by atoms with Gasteiger partial charge in [-0.3, -0.25) is 9.71 Å². The van der Waals surface area contributed by atoms with Crippen LogP contribution in [0.4, 0.5) is 5.69 Å². The van der Waals surface area contributed by atoms with Gasteiger partial charge in [0.2, 0.25) is 21.8 Å². The van der Waals surface area contributed by atoms with E-state index in [2.05, 4.69) is 19.7 Å². The zero-order valence-corrected chi connectivity index (χ0v) is 16.6. The number of nitrogens with zero attached hydrogens (tertiary/aromatic N) is 5. The van der Waals surface area contributed by atoms with Crippen LogP contribution in [0.3, 0.4) is 0 Å². The molecule has 0 aliphatic carbocycles. The lowest BCUT2D eigenvalue weighted by Crippen LogP contribution is -2.11. The average molecular weight is 398 g/mol. The Morgan fingerprint density at radius 1 is 1.18 bits per heavy atom. The second-order valence-corrected chi connectivity index (χ2v) is 7.96. The molecule has 0 aliphatic heterocycles. The van der Waals surface area contributed by atoms with Gasteiger partial charge in [0, 0.05) is 25.0 Å². The molecule has 0 saturated carbocycles. The summed E-state index contributed by atoms with van der Waals surface area (Å²) >= 11 is 0. The van der Waals surface area contributed by atoms with Gasteiger partial charge in [0.05, 0.1) is 23.2 Å². The normalized spacial score (nSPS) is 11.1. The van der Waals surface area contributed by atoms with Crippen LogP contribution < -0.4 is 9.46 Å². The lowest BCUT2D eigenvalue weighted by molar-refractivity contribution is 0.445. The van der Waals surface area contributed by atoms with Gasteiger partial charge in [0.25, 0.3) is 0 Å². The number of rotatable bonds is 5. The Labute approximate surface area is 162 Å². The number of aromatic nitrogens is 4. The van der Waals surface area contributed by atoms with Crippen LogP contribution in [0, 0.1) is 25.2 Å². The van der Waals surface area contributed by atoms with Gasteiger partial charge >= 0.3 is 0 Å². The van der Waals surface area contributed by atoms with E-state index in [1.807, 2.05) is 31.5 Å². The van der Waals surface area contributed by atoms with Crippen molar-refractivity contribution in [3.63, 3.8) is 0 Å². The van der Waals surface area contributed by atoms with Crippen molar-refractivity contribution in [3.8, 4) is 29.1 Å². The van der Waals surface area contributed by atoms with Crippen molar-refractivity contribution < 1.29 is 13.2 Å². The van der Waals surface area contributed by atoms with Crippen LogP contribution in [0.1, 0.15) is 17.1 Å². The molecule has 0 aliphatic rings. The fourth-order valence-electron chi connectivity index (χ4n) is 2.47. The molecule has 0 amide bonds. The quantitative estimate of drug-likeness (QED) is 0.700. The topological polar surface area (TPSA) is 123 Å². The Hall–Kier alpha value is -3.45. The summed E-state index contributed by atoms with van der Waals surface area (Å²) in [7, 11) is -1.69. The van der Waals surface area contributed by atoms with Crippen molar-refractivity contribution in [2.24, 2.45) is 7.05 Å². The first kappa shape index (κ1) is 19.3. The average Bonchev–Trinajstić information content (AvgIpc) is 2.89. The lowest BCUT2D eigenvalue weighted by Gasteiger charge is -2.12. The SMILES string of the molecule is Cc1nc(Oc2nc(-c3cncc(C#N)c3)ccc2NS(C)(=O)=O)c(C)n1C. The molecule has 0 fully saturated rings. The van der Waals surface area contributed by atoms with Crippen molar-refractivity contribution in [1.82, 2.24) is 19.5 Å². The van der Waals surface area contributed by atoms with E-state index in [0.29, 0.717) is 22.7 Å². The van der Waals surface area contributed by atoms with Crippen molar-refractivity contribution in [3.05, 3.63) is 47.7 Å². The first-order valence-corrected chi connectivity index (χ1v) is 10.1. The number of nitrogens with one attached hydrogen (secondary N) is 1. The van der Waals surface area contributed by atoms with E-state index in [0.717, 1.165) is 17.8 Å². The molecule has 1 N–H and O–H groups in total. The Bertz CT molecular complexity index is 1190. The van der Waals surface area contributed by atoms with Gasteiger partial charge in [0.1, 0.15) is 17.6 Å². The molecule has 0 spiro atoms. The number of sulfonamides is 1. The van der Waals surface area contributed by atoms with Crippen LogP contribution >= 0.6 is 0 Å². The number of nitriles is 1. The maximum Gasteiger partial charge on any atom is 0.246 e. The van der Waals surface area contributed by atoms with Crippen LogP contribution in [0.25, 0.3) is 11.3 Å². The summed E-state index contributed by atoms with van der Waals surface area (Å²) in [5.74, 6) is 1.11. The van der Waals surface area contributed by atoms with E-state index in [4.69, 9.17) is 10.00 Å². The van der Waals surface area contributed by atoms with E-state index < -0.39 is 10.0 Å². The predicted molar refractivity (Wildman–Crippen MR) is 103 cm³/mol. The van der Waals surface area contributed by atoms with Crippen molar-refractivity contribution >= 4 is 15.7 Å². The molecule has 10 heteroatoms. The van der Waals surface area contributed by atoms with E-state index in [-0.39, 0.29) is 11.6 Å². The summed E-state index contributed by atoms with van der Waals surface area (Å²) in [6.45, 7) is 3.67. The Morgan fingerprint density at radius 3 is 2.54 bits per heavy atom. The zero-order valence-electron chi connectivity index (χ0n) is 15.8. The molecule has 9 nitrogen and oxygen atoms in total.